The van der Waals surface area contributed by atoms with Crippen molar-refractivity contribution in [1.82, 2.24) is 10.2 Å². The summed E-state index contributed by atoms with van der Waals surface area (Å²) in [6.45, 7) is 2.04. The summed E-state index contributed by atoms with van der Waals surface area (Å²) in [7, 11) is 0. The number of rotatable bonds is 5. The van der Waals surface area contributed by atoms with Gasteiger partial charge in [-0.25, -0.2) is 0 Å². The second kappa shape index (κ2) is 7.76. The summed E-state index contributed by atoms with van der Waals surface area (Å²) in [5.41, 5.74) is 0. The van der Waals surface area contributed by atoms with Gasteiger partial charge in [0.15, 0.2) is 0 Å². The van der Waals surface area contributed by atoms with E-state index in [1.54, 1.807) is 6.07 Å². The number of amides is 2. The van der Waals surface area contributed by atoms with Gasteiger partial charge in [-0.15, -0.1) is 0 Å². The molecule has 0 aliphatic rings. The molecule has 0 aromatic heterocycles. The molecule has 0 radical (unpaired) electrons. The number of nitrogens with one attached hydrogen (secondary N) is 1. The summed E-state index contributed by atoms with van der Waals surface area (Å²) in [4.78, 5) is 23.8. The van der Waals surface area contributed by atoms with Crippen molar-refractivity contribution in [3.8, 4) is 6.07 Å². The third kappa shape index (κ3) is 4.98. The van der Waals surface area contributed by atoms with Crippen LogP contribution in [0.3, 0.4) is 0 Å². The molecule has 2 amide bonds. The first-order valence-corrected chi connectivity index (χ1v) is 4.72. The fourth-order valence-electron chi connectivity index (χ4n) is 1.04. The smallest absolute Gasteiger partial charge is 0.311 e. The van der Waals surface area contributed by atoms with Crippen molar-refractivity contribution in [2.45, 2.75) is 13.3 Å². The Balaban J connectivity index is 4.23. The zero-order chi connectivity index (χ0) is 11.7. The summed E-state index contributed by atoms with van der Waals surface area (Å²) in [6.07, 6.45) is 0.706. The number of hydrogen-bond donors (Lipinski definition) is 2. The summed E-state index contributed by atoms with van der Waals surface area (Å²) < 4.78 is 0. The number of carbonyl (C=O) groups is 2. The van der Waals surface area contributed by atoms with E-state index in [0.29, 0.717) is 13.0 Å². The molecule has 0 rings (SSSR count). The molecule has 0 saturated carbocycles. The minimum Gasteiger partial charge on any atom is -0.395 e. The molecule has 84 valence electrons. The quantitative estimate of drug-likeness (QED) is 0.446. The Hall–Kier alpha value is -1.61. The number of nitrogens with zero attached hydrogens (tertiary/aromatic N) is 2. The predicted molar refractivity (Wildman–Crippen MR) is 52.6 cm³/mol. The van der Waals surface area contributed by atoms with Gasteiger partial charge < -0.3 is 15.3 Å². The van der Waals surface area contributed by atoms with Crippen LogP contribution in [-0.4, -0.2) is 48.1 Å². The molecule has 0 bridgehead atoms. The van der Waals surface area contributed by atoms with Crippen LogP contribution in [0.4, 0.5) is 0 Å². The number of nitriles is 1. The molecule has 0 heterocycles. The van der Waals surface area contributed by atoms with Crippen LogP contribution in [0.25, 0.3) is 0 Å². The van der Waals surface area contributed by atoms with E-state index >= 15 is 0 Å². The van der Waals surface area contributed by atoms with Crippen LogP contribution in [0, 0.1) is 11.3 Å². The van der Waals surface area contributed by atoms with Crippen LogP contribution in [0.1, 0.15) is 13.3 Å². The van der Waals surface area contributed by atoms with Crippen molar-refractivity contribution >= 4 is 11.8 Å². The molecule has 6 nitrogen and oxygen atoms in total. The van der Waals surface area contributed by atoms with Gasteiger partial charge in [0.2, 0.25) is 0 Å². The molecule has 0 aliphatic heterocycles. The van der Waals surface area contributed by atoms with Crippen molar-refractivity contribution in [3.05, 3.63) is 0 Å². The Labute approximate surface area is 88.5 Å². The number of carbonyl (C=O) groups excluding carboxylic acids is 2. The van der Waals surface area contributed by atoms with Crippen molar-refractivity contribution in [3.63, 3.8) is 0 Å². The highest BCUT2D eigenvalue weighted by molar-refractivity contribution is 6.35. The molecule has 0 atom stereocenters. The van der Waals surface area contributed by atoms with Crippen molar-refractivity contribution < 1.29 is 14.7 Å². The van der Waals surface area contributed by atoms with E-state index in [1.165, 1.54) is 4.90 Å². The van der Waals surface area contributed by atoms with E-state index in [9.17, 15) is 9.59 Å². The third-order valence-corrected chi connectivity index (χ3v) is 1.67. The van der Waals surface area contributed by atoms with Crippen LogP contribution in [0.15, 0.2) is 0 Å². The Bertz CT molecular complexity index is 254. The number of hydrogen-bond acceptors (Lipinski definition) is 4. The second-order valence-corrected chi connectivity index (χ2v) is 2.86. The summed E-state index contributed by atoms with van der Waals surface area (Å²) in [5, 5.41) is 19.1. The average molecular weight is 213 g/mol. The normalized spacial score (nSPS) is 9.13. The predicted octanol–water partition coefficient (Wildman–Crippen LogP) is -1.14. The Morgan fingerprint density at radius 3 is 2.60 bits per heavy atom. The minimum absolute atomic E-state index is 0.132. The Morgan fingerprint density at radius 2 is 2.13 bits per heavy atom. The minimum atomic E-state index is -0.807. The van der Waals surface area contributed by atoms with Crippen molar-refractivity contribution in [1.29, 1.82) is 5.26 Å². The van der Waals surface area contributed by atoms with Gasteiger partial charge in [-0.3, -0.25) is 9.59 Å². The van der Waals surface area contributed by atoms with Crippen molar-refractivity contribution in [2.75, 3.05) is 26.2 Å². The highest BCUT2D eigenvalue weighted by Gasteiger charge is 2.19. The lowest BCUT2D eigenvalue weighted by Gasteiger charge is -2.19. The maximum absolute atomic E-state index is 11.4. The zero-order valence-electron chi connectivity index (χ0n) is 8.69. The summed E-state index contributed by atoms with van der Waals surface area (Å²) in [6, 6.07) is 1.70. The molecule has 6 heteroatoms. The highest BCUT2D eigenvalue weighted by atomic mass is 16.3. The lowest BCUT2D eigenvalue weighted by atomic mass is 10.3. The summed E-state index contributed by atoms with van der Waals surface area (Å²) >= 11 is 0. The van der Waals surface area contributed by atoms with Crippen LogP contribution in [0.5, 0.6) is 0 Å². The summed E-state index contributed by atoms with van der Waals surface area (Å²) in [5.74, 6) is -1.51. The first-order valence-electron chi connectivity index (χ1n) is 4.72. The van der Waals surface area contributed by atoms with Gasteiger partial charge >= 0.3 is 11.8 Å². The Morgan fingerprint density at radius 1 is 1.47 bits per heavy atom. The lowest BCUT2D eigenvalue weighted by Crippen LogP contribution is -2.44. The zero-order valence-corrected chi connectivity index (χ0v) is 8.69. The third-order valence-electron chi connectivity index (χ3n) is 1.67. The largest absolute Gasteiger partial charge is 0.395 e. The van der Waals surface area contributed by atoms with Crippen LogP contribution in [-0.2, 0) is 9.59 Å². The van der Waals surface area contributed by atoms with E-state index in [1.807, 2.05) is 6.92 Å². The standard InChI is InChI=1S/C9H15N3O3/c1-2-5-12(6-7-13)9(15)8(14)11-4-3-10/h13H,2,4-7H2,1H3,(H,11,14). The lowest BCUT2D eigenvalue weighted by molar-refractivity contribution is -0.146. The first kappa shape index (κ1) is 13.4. The fraction of sp³-hybridized carbons (Fsp3) is 0.667. The molecule has 0 saturated heterocycles. The van der Waals surface area contributed by atoms with E-state index < -0.39 is 11.8 Å². The maximum Gasteiger partial charge on any atom is 0.311 e. The number of aliphatic hydroxyl groups excluding tert-OH is 1. The van der Waals surface area contributed by atoms with E-state index in [2.05, 4.69) is 5.32 Å². The van der Waals surface area contributed by atoms with Gasteiger partial charge in [0, 0.05) is 13.1 Å². The fourth-order valence-corrected chi connectivity index (χ4v) is 1.04. The average Bonchev–Trinajstić information content (AvgIpc) is 2.24. The molecule has 0 spiro atoms. The molecule has 0 unspecified atom stereocenters. The van der Waals surface area contributed by atoms with Gasteiger partial charge in [0.1, 0.15) is 6.54 Å². The molecule has 0 aliphatic carbocycles. The Kier molecular flexibility index (Phi) is 6.93. The first-order chi connectivity index (χ1) is 7.17. The number of aliphatic hydroxyl groups is 1. The molecule has 15 heavy (non-hydrogen) atoms. The van der Waals surface area contributed by atoms with Gasteiger partial charge in [0.25, 0.3) is 0 Å². The second-order valence-electron chi connectivity index (χ2n) is 2.86. The molecular weight excluding hydrogens is 198 g/mol. The highest BCUT2D eigenvalue weighted by Crippen LogP contribution is 1.92. The van der Waals surface area contributed by atoms with E-state index in [0.717, 1.165) is 0 Å². The van der Waals surface area contributed by atoms with Crippen LogP contribution >= 0.6 is 0 Å². The topological polar surface area (TPSA) is 93.4 Å². The van der Waals surface area contributed by atoms with E-state index in [4.69, 9.17) is 10.4 Å². The molecular formula is C9H15N3O3. The molecule has 0 aromatic rings. The monoisotopic (exact) mass is 213 g/mol. The maximum atomic E-state index is 11.4. The molecule has 0 aromatic carbocycles. The van der Waals surface area contributed by atoms with Gasteiger partial charge in [-0.05, 0) is 6.42 Å². The van der Waals surface area contributed by atoms with Crippen molar-refractivity contribution in [2.24, 2.45) is 0 Å². The van der Waals surface area contributed by atoms with Gasteiger partial charge in [-0.1, -0.05) is 6.92 Å². The SMILES string of the molecule is CCCN(CCO)C(=O)C(=O)NCC#N. The van der Waals surface area contributed by atoms with Crippen LogP contribution in [0.2, 0.25) is 0 Å². The molecule has 2 N–H and O–H groups in total. The van der Waals surface area contributed by atoms with Gasteiger partial charge in [-0.2, -0.15) is 5.26 Å². The molecule has 0 fully saturated rings. The van der Waals surface area contributed by atoms with Crippen LogP contribution < -0.4 is 5.32 Å². The van der Waals surface area contributed by atoms with Gasteiger partial charge in [0.05, 0.1) is 12.7 Å². The van der Waals surface area contributed by atoms with E-state index in [-0.39, 0.29) is 19.7 Å².